The molecule has 2 heterocycles. The van der Waals surface area contributed by atoms with E-state index in [4.69, 9.17) is 4.74 Å². The molecule has 7 heteroatoms. The summed E-state index contributed by atoms with van der Waals surface area (Å²) in [5.74, 6) is 0.477. The van der Waals surface area contributed by atoms with Crippen molar-refractivity contribution in [3.8, 4) is 5.75 Å². The summed E-state index contributed by atoms with van der Waals surface area (Å²) in [6.07, 6.45) is 0. The Morgan fingerprint density at radius 1 is 1.35 bits per heavy atom. The van der Waals surface area contributed by atoms with Crippen LogP contribution in [0.2, 0.25) is 0 Å². The van der Waals surface area contributed by atoms with Crippen LogP contribution in [0, 0.1) is 5.82 Å². The minimum absolute atomic E-state index is 0.115. The number of rotatable bonds is 6. The molecule has 1 aromatic carbocycles. The van der Waals surface area contributed by atoms with E-state index in [1.165, 1.54) is 17.4 Å². The molecule has 0 aliphatic heterocycles. The van der Waals surface area contributed by atoms with Gasteiger partial charge in [0.25, 0.3) is 5.56 Å². The number of ether oxygens (including phenoxy) is 1. The number of hydrogen-bond donors (Lipinski definition) is 1. The third-order valence-corrected chi connectivity index (χ3v) is 4.25. The van der Waals surface area contributed by atoms with Crippen LogP contribution in [0.3, 0.4) is 0 Å². The lowest BCUT2D eigenvalue weighted by Gasteiger charge is -2.16. The van der Waals surface area contributed by atoms with Crippen LogP contribution in [-0.4, -0.2) is 35.1 Å². The number of halogens is 1. The number of benzene rings is 1. The van der Waals surface area contributed by atoms with Crippen LogP contribution < -0.4 is 10.3 Å². The third-order valence-electron chi connectivity index (χ3n) is 3.35. The molecule has 0 radical (unpaired) electrons. The van der Waals surface area contributed by atoms with Gasteiger partial charge in [-0.3, -0.25) is 9.69 Å². The Balaban J connectivity index is 1.57. The zero-order chi connectivity index (χ0) is 16.2. The summed E-state index contributed by atoms with van der Waals surface area (Å²) in [5.41, 5.74) is 0.598. The summed E-state index contributed by atoms with van der Waals surface area (Å²) in [6.45, 7) is 1.42. The number of aromatic nitrogens is 2. The topological polar surface area (TPSA) is 58.2 Å². The van der Waals surface area contributed by atoms with Crippen LogP contribution in [0.5, 0.6) is 5.75 Å². The number of nitrogens with one attached hydrogen (secondary N) is 1. The van der Waals surface area contributed by atoms with E-state index in [1.54, 1.807) is 18.2 Å². The van der Waals surface area contributed by atoms with Gasteiger partial charge < -0.3 is 9.72 Å². The zero-order valence-electron chi connectivity index (χ0n) is 12.6. The summed E-state index contributed by atoms with van der Waals surface area (Å²) < 4.78 is 19.5. The highest BCUT2D eigenvalue weighted by molar-refractivity contribution is 7.17. The highest BCUT2D eigenvalue weighted by Gasteiger charge is 2.08. The lowest BCUT2D eigenvalue weighted by molar-refractivity contribution is 0.224. The molecule has 0 spiro atoms. The van der Waals surface area contributed by atoms with Gasteiger partial charge in [-0.15, -0.1) is 11.3 Å². The predicted molar refractivity (Wildman–Crippen MR) is 88.5 cm³/mol. The Bertz CT molecular complexity index is 862. The normalized spacial score (nSPS) is 11.3. The Morgan fingerprint density at radius 2 is 2.17 bits per heavy atom. The summed E-state index contributed by atoms with van der Waals surface area (Å²) in [6, 6.07) is 8.15. The van der Waals surface area contributed by atoms with Gasteiger partial charge in [0.15, 0.2) is 11.6 Å². The van der Waals surface area contributed by atoms with Crippen LogP contribution in [0.1, 0.15) is 5.82 Å². The Labute approximate surface area is 136 Å². The largest absolute Gasteiger partial charge is 0.489 e. The first kappa shape index (κ1) is 15.6. The average molecular weight is 333 g/mol. The average Bonchev–Trinajstić information content (AvgIpc) is 2.98. The van der Waals surface area contributed by atoms with Crippen molar-refractivity contribution >= 4 is 21.6 Å². The van der Waals surface area contributed by atoms with Crippen molar-refractivity contribution in [2.75, 3.05) is 20.2 Å². The quantitative estimate of drug-likeness (QED) is 0.753. The lowest BCUT2D eigenvalue weighted by Crippen LogP contribution is -2.26. The maximum absolute atomic E-state index is 13.4. The molecule has 0 fully saturated rings. The minimum atomic E-state index is -0.371. The second-order valence-corrected chi connectivity index (χ2v) is 6.08. The molecule has 3 aromatic rings. The van der Waals surface area contributed by atoms with E-state index in [9.17, 15) is 9.18 Å². The molecule has 0 unspecified atom stereocenters. The molecular formula is C16H16FN3O2S. The maximum atomic E-state index is 13.4. The number of hydrogen-bond acceptors (Lipinski definition) is 5. The fourth-order valence-corrected chi connectivity index (χ4v) is 2.93. The molecule has 0 amide bonds. The van der Waals surface area contributed by atoms with Crippen molar-refractivity contribution in [3.63, 3.8) is 0 Å². The second-order valence-electron chi connectivity index (χ2n) is 5.16. The predicted octanol–water partition coefficient (Wildman–Crippen LogP) is 2.63. The number of nitrogens with zero attached hydrogens (tertiary/aromatic N) is 2. The maximum Gasteiger partial charge on any atom is 0.268 e. The number of thiophene rings is 1. The minimum Gasteiger partial charge on any atom is -0.489 e. The van der Waals surface area contributed by atoms with Crippen LogP contribution in [0.15, 0.2) is 40.5 Å². The molecule has 0 aliphatic rings. The van der Waals surface area contributed by atoms with Crippen molar-refractivity contribution in [1.29, 1.82) is 0 Å². The molecule has 0 saturated heterocycles. The molecule has 2 aromatic heterocycles. The Kier molecular flexibility index (Phi) is 4.68. The van der Waals surface area contributed by atoms with E-state index in [0.717, 1.165) is 0 Å². The van der Waals surface area contributed by atoms with Gasteiger partial charge in [-0.05, 0) is 30.6 Å². The molecule has 120 valence electrons. The lowest BCUT2D eigenvalue weighted by atomic mass is 10.3. The van der Waals surface area contributed by atoms with E-state index >= 15 is 0 Å². The molecule has 23 heavy (non-hydrogen) atoms. The van der Waals surface area contributed by atoms with Crippen molar-refractivity contribution in [1.82, 2.24) is 14.9 Å². The number of para-hydroxylation sites is 1. The van der Waals surface area contributed by atoms with Crippen LogP contribution >= 0.6 is 11.3 Å². The van der Waals surface area contributed by atoms with Gasteiger partial charge in [-0.25, -0.2) is 9.37 Å². The molecule has 0 saturated carbocycles. The van der Waals surface area contributed by atoms with Crippen LogP contribution in [0.4, 0.5) is 4.39 Å². The second kappa shape index (κ2) is 6.89. The molecule has 3 rings (SSSR count). The van der Waals surface area contributed by atoms with Gasteiger partial charge in [0.1, 0.15) is 17.1 Å². The van der Waals surface area contributed by atoms with Gasteiger partial charge in [-0.2, -0.15) is 0 Å². The fourth-order valence-electron chi connectivity index (χ4n) is 2.20. The highest BCUT2D eigenvalue weighted by atomic mass is 32.1. The van der Waals surface area contributed by atoms with Crippen LogP contribution in [-0.2, 0) is 6.54 Å². The van der Waals surface area contributed by atoms with Crippen molar-refractivity contribution in [3.05, 3.63) is 57.7 Å². The van der Waals surface area contributed by atoms with E-state index in [0.29, 0.717) is 35.7 Å². The summed E-state index contributed by atoms with van der Waals surface area (Å²) in [7, 11) is 1.89. The van der Waals surface area contributed by atoms with E-state index in [-0.39, 0.29) is 17.1 Å². The summed E-state index contributed by atoms with van der Waals surface area (Å²) in [5, 5.41) is 1.85. The first-order chi connectivity index (χ1) is 11.1. The molecule has 0 aliphatic carbocycles. The zero-order valence-corrected chi connectivity index (χ0v) is 13.4. The SMILES string of the molecule is CN(CCOc1ccccc1F)Cc1nc2ccsc2c(=O)[nH]1. The summed E-state index contributed by atoms with van der Waals surface area (Å²) in [4.78, 5) is 21.1. The summed E-state index contributed by atoms with van der Waals surface area (Å²) >= 11 is 1.38. The molecule has 0 bridgehead atoms. The van der Waals surface area contributed by atoms with E-state index in [2.05, 4.69) is 9.97 Å². The first-order valence-electron chi connectivity index (χ1n) is 7.16. The van der Waals surface area contributed by atoms with Gasteiger partial charge in [0.2, 0.25) is 0 Å². The van der Waals surface area contributed by atoms with Gasteiger partial charge >= 0.3 is 0 Å². The third kappa shape index (κ3) is 3.75. The standard InChI is InChI=1S/C16H16FN3O2S/c1-20(7-8-22-13-5-3-2-4-11(13)17)10-14-18-12-6-9-23-15(12)16(21)19-14/h2-6,9H,7-8,10H2,1H3,(H,18,19,21). The number of H-pyrrole nitrogens is 1. The Morgan fingerprint density at radius 3 is 3.00 bits per heavy atom. The van der Waals surface area contributed by atoms with Gasteiger partial charge in [-0.1, -0.05) is 12.1 Å². The van der Waals surface area contributed by atoms with E-state index in [1.807, 2.05) is 23.4 Å². The molecule has 5 nitrogen and oxygen atoms in total. The molecule has 1 N–H and O–H groups in total. The Hall–Kier alpha value is -2.25. The highest BCUT2D eigenvalue weighted by Crippen LogP contribution is 2.15. The van der Waals surface area contributed by atoms with Crippen molar-refractivity contribution < 1.29 is 9.13 Å². The van der Waals surface area contributed by atoms with E-state index < -0.39 is 0 Å². The molecular weight excluding hydrogens is 317 g/mol. The number of fused-ring (bicyclic) bond motifs is 1. The number of aromatic amines is 1. The van der Waals surface area contributed by atoms with Crippen molar-refractivity contribution in [2.24, 2.45) is 0 Å². The number of likely N-dealkylation sites (N-methyl/N-ethyl adjacent to an activating group) is 1. The first-order valence-corrected chi connectivity index (χ1v) is 8.04. The fraction of sp³-hybridized carbons (Fsp3) is 0.250. The monoisotopic (exact) mass is 333 g/mol. The van der Waals surface area contributed by atoms with Crippen LogP contribution in [0.25, 0.3) is 10.2 Å². The molecule has 0 atom stereocenters. The van der Waals surface area contributed by atoms with Crippen molar-refractivity contribution in [2.45, 2.75) is 6.54 Å². The smallest absolute Gasteiger partial charge is 0.268 e. The van der Waals surface area contributed by atoms with Gasteiger partial charge in [0, 0.05) is 6.54 Å². The van der Waals surface area contributed by atoms with Gasteiger partial charge in [0.05, 0.1) is 12.1 Å².